The van der Waals surface area contributed by atoms with Gasteiger partial charge in [0.2, 0.25) is 11.8 Å². The second kappa shape index (κ2) is 8.36. The number of ether oxygens (including phenoxy) is 2. The van der Waals surface area contributed by atoms with Crippen molar-refractivity contribution < 1.29 is 19.1 Å². The monoisotopic (exact) mass is 454 g/mol. The van der Waals surface area contributed by atoms with Gasteiger partial charge in [-0.05, 0) is 63.0 Å². The van der Waals surface area contributed by atoms with Gasteiger partial charge in [-0.3, -0.25) is 9.59 Å². The van der Waals surface area contributed by atoms with Crippen molar-refractivity contribution in [2.75, 3.05) is 14.2 Å². The summed E-state index contributed by atoms with van der Waals surface area (Å²) in [4.78, 5) is 24.7. The third-order valence-corrected chi connectivity index (χ3v) is 5.34. The van der Waals surface area contributed by atoms with Gasteiger partial charge < -0.3 is 20.9 Å². The minimum absolute atomic E-state index is 0.227. The molecule has 0 aromatic heterocycles. The van der Waals surface area contributed by atoms with Gasteiger partial charge in [0.15, 0.2) is 0 Å². The Morgan fingerprint density at radius 1 is 0.828 bits per heavy atom. The van der Waals surface area contributed by atoms with Crippen LogP contribution >= 0.6 is 15.9 Å². The molecule has 0 unspecified atom stereocenters. The lowest BCUT2D eigenvalue weighted by molar-refractivity contribution is 0.0988. The average Bonchev–Trinajstić information content (AvgIpc) is 2.72. The molecule has 148 valence electrons. The van der Waals surface area contributed by atoms with Crippen molar-refractivity contribution in [2.45, 2.75) is 0 Å². The van der Waals surface area contributed by atoms with Crippen molar-refractivity contribution in [1.29, 1.82) is 0 Å². The van der Waals surface area contributed by atoms with Crippen molar-refractivity contribution in [3.8, 4) is 33.8 Å². The summed E-state index contributed by atoms with van der Waals surface area (Å²) >= 11 is 3.44. The zero-order valence-electron chi connectivity index (χ0n) is 15.9. The number of halogens is 1. The zero-order chi connectivity index (χ0) is 21.1. The zero-order valence-corrected chi connectivity index (χ0v) is 17.4. The van der Waals surface area contributed by atoms with Crippen LogP contribution in [0.5, 0.6) is 11.5 Å². The Kier molecular flexibility index (Phi) is 5.89. The summed E-state index contributed by atoms with van der Waals surface area (Å²) in [6.45, 7) is 0. The maximum absolute atomic E-state index is 12.6. The second-order valence-corrected chi connectivity index (χ2v) is 7.02. The highest BCUT2D eigenvalue weighted by Gasteiger charge is 2.24. The summed E-state index contributed by atoms with van der Waals surface area (Å²) in [6.07, 6.45) is 0. The van der Waals surface area contributed by atoms with E-state index < -0.39 is 11.8 Å². The Balaban J connectivity index is 2.44. The number of primary amides is 2. The third-order valence-electron chi connectivity index (χ3n) is 4.51. The first-order valence-electron chi connectivity index (χ1n) is 8.62. The van der Waals surface area contributed by atoms with Crippen LogP contribution in [-0.2, 0) is 0 Å². The number of rotatable bonds is 6. The molecule has 6 nitrogen and oxygen atoms in total. The van der Waals surface area contributed by atoms with Gasteiger partial charge in [0, 0.05) is 10.0 Å². The molecular formula is C22H19BrN2O4. The lowest BCUT2D eigenvalue weighted by atomic mass is 9.88. The first kappa shape index (κ1) is 20.4. The van der Waals surface area contributed by atoms with Crippen LogP contribution in [0.1, 0.15) is 20.7 Å². The predicted molar refractivity (Wildman–Crippen MR) is 115 cm³/mol. The van der Waals surface area contributed by atoms with Crippen molar-refractivity contribution in [3.63, 3.8) is 0 Å². The second-order valence-electron chi connectivity index (χ2n) is 6.23. The van der Waals surface area contributed by atoms with Crippen molar-refractivity contribution >= 4 is 27.7 Å². The van der Waals surface area contributed by atoms with E-state index in [1.54, 1.807) is 68.8 Å². The van der Waals surface area contributed by atoms with Crippen LogP contribution in [0.3, 0.4) is 0 Å². The summed E-state index contributed by atoms with van der Waals surface area (Å²) in [5.74, 6) is -0.0832. The van der Waals surface area contributed by atoms with Gasteiger partial charge in [-0.2, -0.15) is 0 Å². The molecule has 2 amide bonds. The van der Waals surface area contributed by atoms with Gasteiger partial charge >= 0.3 is 0 Å². The Morgan fingerprint density at radius 2 is 1.38 bits per heavy atom. The van der Waals surface area contributed by atoms with E-state index in [2.05, 4.69) is 15.9 Å². The molecule has 3 aromatic rings. The highest BCUT2D eigenvalue weighted by Crippen LogP contribution is 2.41. The predicted octanol–water partition coefficient (Wildman–Crippen LogP) is 4.00. The summed E-state index contributed by atoms with van der Waals surface area (Å²) < 4.78 is 11.0. The highest BCUT2D eigenvalue weighted by molar-refractivity contribution is 9.10. The van der Waals surface area contributed by atoms with E-state index in [4.69, 9.17) is 20.9 Å². The van der Waals surface area contributed by atoms with Crippen LogP contribution < -0.4 is 20.9 Å². The van der Waals surface area contributed by atoms with Gasteiger partial charge in [0.05, 0.1) is 25.3 Å². The highest BCUT2D eigenvalue weighted by atomic mass is 79.9. The molecule has 0 aliphatic rings. The number of nitrogens with two attached hydrogens (primary N) is 2. The first-order chi connectivity index (χ1) is 13.9. The Bertz CT molecular complexity index is 1110. The largest absolute Gasteiger partial charge is 0.497 e. The van der Waals surface area contributed by atoms with Crippen LogP contribution in [0.15, 0.2) is 59.1 Å². The molecular weight excluding hydrogens is 436 g/mol. The minimum Gasteiger partial charge on any atom is -0.497 e. The summed E-state index contributed by atoms with van der Waals surface area (Å²) in [5, 5.41) is 0. The van der Waals surface area contributed by atoms with E-state index in [1.807, 2.05) is 0 Å². The van der Waals surface area contributed by atoms with Crippen LogP contribution in [0.2, 0.25) is 0 Å². The number of carbonyl (C=O) groups excluding carboxylic acids is 2. The maximum atomic E-state index is 12.6. The van der Waals surface area contributed by atoms with Crippen molar-refractivity contribution in [2.24, 2.45) is 11.5 Å². The molecule has 3 aromatic carbocycles. The number of hydrogen-bond acceptors (Lipinski definition) is 4. The van der Waals surface area contributed by atoms with Crippen LogP contribution in [0, 0.1) is 0 Å². The molecule has 0 bridgehead atoms. The molecule has 0 saturated carbocycles. The molecule has 29 heavy (non-hydrogen) atoms. The van der Waals surface area contributed by atoms with E-state index in [0.717, 1.165) is 0 Å². The van der Waals surface area contributed by atoms with Crippen LogP contribution in [0.4, 0.5) is 0 Å². The number of benzene rings is 3. The summed E-state index contributed by atoms with van der Waals surface area (Å²) in [6, 6.07) is 15.8. The number of carbonyl (C=O) groups is 2. The fourth-order valence-electron chi connectivity index (χ4n) is 3.16. The Hall–Kier alpha value is -3.32. The van der Waals surface area contributed by atoms with Crippen LogP contribution in [-0.4, -0.2) is 26.0 Å². The topological polar surface area (TPSA) is 105 Å². The van der Waals surface area contributed by atoms with Gasteiger partial charge in [-0.1, -0.05) is 24.3 Å². The van der Waals surface area contributed by atoms with Gasteiger partial charge in [-0.15, -0.1) is 0 Å². The van der Waals surface area contributed by atoms with E-state index in [9.17, 15) is 9.59 Å². The Labute approximate surface area is 176 Å². The van der Waals surface area contributed by atoms with Crippen molar-refractivity contribution in [1.82, 2.24) is 0 Å². The minimum atomic E-state index is -0.641. The van der Waals surface area contributed by atoms with E-state index in [0.29, 0.717) is 38.2 Å². The molecule has 0 heterocycles. The SMILES string of the molecule is COc1cccc(-c2cc(C(N)=O)c(Br)c(-c3cccc(OC)c3)c2C(N)=O)c1. The molecule has 0 aliphatic heterocycles. The molecule has 0 spiro atoms. The Morgan fingerprint density at radius 3 is 1.90 bits per heavy atom. The van der Waals surface area contributed by atoms with E-state index in [-0.39, 0.29) is 11.1 Å². The lowest BCUT2D eigenvalue weighted by Gasteiger charge is -2.18. The molecule has 0 radical (unpaired) electrons. The lowest BCUT2D eigenvalue weighted by Crippen LogP contribution is -2.18. The first-order valence-corrected chi connectivity index (χ1v) is 9.41. The number of amides is 2. The van der Waals surface area contributed by atoms with Gasteiger partial charge in [0.25, 0.3) is 0 Å². The maximum Gasteiger partial charge on any atom is 0.250 e. The number of hydrogen-bond donors (Lipinski definition) is 2. The molecule has 0 aliphatic carbocycles. The molecule has 0 atom stereocenters. The van der Waals surface area contributed by atoms with E-state index >= 15 is 0 Å². The molecule has 4 N–H and O–H groups in total. The fraction of sp³-hybridized carbons (Fsp3) is 0.0909. The quantitative estimate of drug-likeness (QED) is 0.586. The average molecular weight is 455 g/mol. The summed E-state index contributed by atoms with van der Waals surface area (Å²) in [5.41, 5.74) is 14.1. The molecule has 7 heteroatoms. The van der Waals surface area contributed by atoms with Crippen LogP contribution in [0.25, 0.3) is 22.3 Å². The van der Waals surface area contributed by atoms with E-state index in [1.165, 1.54) is 0 Å². The fourth-order valence-corrected chi connectivity index (χ4v) is 3.90. The summed E-state index contributed by atoms with van der Waals surface area (Å²) in [7, 11) is 3.09. The smallest absolute Gasteiger partial charge is 0.250 e. The van der Waals surface area contributed by atoms with Crippen molar-refractivity contribution in [3.05, 3.63) is 70.2 Å². The normalized spacial score (nSPS) is 10.4. The molecule has 0 fully saturated rings. The number of methoxy groups -OCH3 is 2. The standard InChI is InChI=1S/C22H19BrN2O4/c1-28-14-7-3-5-12(9-14)16-11-17(21(24)26)20(23)18(19(16)22(25)27)13-6-4-8-15(10-13)29-2/h3-11H,1-2H3,(H2,24,26)(H2,25,27). The molecule has 0 saturated heterocycles. The van der Waals surface area contributed by atoms with Gasteiger partial charge in [0.1, 0.15) is 11.5 Å². The van der Waals surface area contributed by atoms with Gasteiger partial charge in [-0.25, -0.2) is 0 Å². The molecule has 3 rings (SSSR count). The third kappa shape index (κ3) is 3.95.